The zero-order chi connectivity index (χ0) is 27.1. The average molecular weight is 528 g/mol. The van der Waals surface area contributed by atoms with Crippen LogP contribution in [-0.2, 0) is 7.05 Å². The zero-order valence-corrected chi connectivity index (χ0v) is 21.7. The number of halogens is 1. The van der Waals surface area contributed by atoms with E-state index in [1.54, 1.807) is 7.11 Å². The topological polar surface area (TPSA) is 105 Å². The van der Waals surface area contributed by atoms with Crippen molar-refractivity contribution in [1.29, 1.82) is 0 Å². The summed E-state index contributed by atoms with van der Waals surface area (Å²) in [5.41, 5.74) is 9.57. The van der Waals surface area contributed by atoms with Crippen molar-refractivity contribution in [3.8, 4) is 50.4 Å². The fourth-order valence-electron chi connectivity index (χ4n) is 4.34. The molecule has 0 bridgehead atoms. The van der Waals surface area contributed by atoms with E-state index in [1.807, 2.05) is 12.1 Å². The minimum absolute atomic E-state index is 0.859. The molecule has 0 atom stereocenters. The molecule has 1 aromatic heterocycles. The molecule has 0 N–H and O–H groups in total. The summed E-state index contributed by atoms with van der Waals surface area (Å²) < 4.78 is 41.5. The largest absolute Gasteiger partial charge is 0.497 e. The molecule has 0 radical (unpaired) electrons. The van der Waals surface area contributed by atoms with Crippen molar-refractivity contribution in [3.63, 3.8) is 0 Å². The molecule has 0 aliphatic carbocycles. The fraction of sp³-hybridized carbons (Fsp3) is 0.0645. The highest BCUT2D eigenvalue weighted by molar-refractivity contribution is 5.96. The lowest BCUT2D eigenvalue weighted by Gasteiger charge is -2.17. The van der Waals surface area contributed by atoms with Crippen LogP contribution in [0.3, 0.4) is 0 Å². The number of methoxy groups -OCH3 is 1. The lowest BCUT2D eigenvalue weighted by molar-refractivity contribution is -2.00. The van der Waals surface area contributed by atoms with Crippen LogP contribution in [0.5, 0.6) is 5.75 Å². The maximum atomic E-state index is 8.49. The SMILES string of the molecule is COc1ccc(-c2cc(-c3ccccc3)c(-c3cccc[n+]3C)c(-c3ccccc3)c2)cc1.[O-][Cl+3]([O-])([O-])[O-]. The summed E-state index contributed by atoms with van der Waals surface area (Å²) in [5.74, 6) is 0.859. The van der Waals surface area contributed by atoms with Gasteiger partial charge in [0.25, 0.3) is 0 Å². The third-order valence-corrected chi connectivity index (χ3v) is 6.04. The normalized spacial score (nSPS) is 10.9. The maximum absolute atomic E-state index is 8.49. The van der Waals surface area contributed by atoms with Gasteiger partial charge >= 0.3 is 0 Å². The van der Waals surface area contributed by atoms with Crippen LogP contribution in [-0.4, -0.2) is 7.11 Å². The Balaban J connectivity index is 0.000000617. The number of pyridine rings is 1. The minimum atomic E-state index is -4.94. The number of hydrogen-bond donors (Lipinski definition) is 0. The average Bonchev–Trinajstić information content (AvgIpc) is 2.93. The van der Waals surface area contributed by atoms with E-state index < -0.39 is 10.2 Å². The van der Waals surface area contributed by atoms with Crippen molar-refractivity contribution < 1.29 is 38.2 Å². The van der Waals surface area contributed by atoms with Gasteiger partial charge in [-0.15, -0.1) is 10.2 Å². The molecular formula is C31H26ClNO5. The van der Waals surface area contributed by atoms with E-state index in [0.29, 0.717) is 0 Å². The quantitative estimate of drug-likeness (QED) is 0.326. The van der Waals surface area contributed by atoms with Gasteiger partial charge < -0.3 is 4.74 Å². The molecule has 192 valence electrons. The van der Waals surface area contributed by atoms with Gasteiger partial charge in [0, 0.05) is 12.1 Å². The van der Waals surface area contributed by atoms with E-state index in [1.165, 1.54) is 39.1 Å². The second-order valence-electron chi connectivity index (χ2n) is 8.48. The number of nitrogens with zero attached hydrogens (tertiary/aromatic N) is 1. The molecule has 0 amide bonds. The molecule has 0 saturated carbocycles. The van der Waals surface area contributed by atoms with Gasteiger partial charge in [0.2, 0.25) is 5.69 Å². The monoisotopic (exact) mass is 527 g/mol. The number of rotatable bonds is 5. The molecule has 0 aliphatic rings. The first-order valence-electron chi connectivity index (χ1n) is 11.7. The Labute approximate surface area is 224 Å². The van der Waals surface area contributed by atoms with Gasteiger partial charge in [-0.25, -0.2) is 23.2 Å². The molecule has 5 rings (SSSR count). The highest BCUT2D eigenvalue weighted by Crippen LogP contribution is 2.42. The third-order valence-electron chi connectivity index (χ3n) is 6.04. The van der Waals surface area contributed by atoms with Crippen LogP contribution >= 0.6 is 0 Å². The number of aromatic nitrogens is 1. The second kappa shape index (κ2) is 12.0. The molecule has 0 fully saturated rings. The summed E-state index contributed by atoms with van der Waals surface area (Å²) in [6, 6.07) is 40.6. The Kier molecular flexibility index (Phi) is 8.53. The highest BCUT2D eigenvalue weighted by atomic mass is 35.7. The number of hydrogen-bond acceptors (Lipinski definition) is 5. The van der Waals surface area contributed by atoms with E-state index in [9.17, 15) is 0 Å². The molecule has 0 aliphatic heterocycles. The predicted octanol–water partition coefficient (Wildman–Crippen LogP) is 2.43. The standard InChI is InChI=1S/C31H26NO.ClHO4/c1-32-20-10-9-15-30(32)31-28(24-11-5-3-6-12-24)21-26(23-16-18-27(33-2)19-17-23)22-29(31)25-13-7-4-8-14-25;2-1(3,4)5/h3-22H,1-2H3;(H,2,3,4,5)/q+1;/p-1. The van der Waals surface area contributed by atoms with Crippen LogP contribution in [0.1, 0.15) is 0 Å². The molecule has 6 nitrogen and oxygen atoms in total. The van der Waals surface area contributed by atoms with E-state index in [-0.39, 0.29) is 0 Å². The van der Waals surface area contributed by atoms with Crippen molar-refractivity contribution in [2.75, 3.05) is 7.11 Å². The van der Waals surface area contributed by atoms with E-state index in [0.717, 1.165) is 11.3 Å². The number of aryl methyl sites for hydroxylation is 1. The van der Waals surface area contributed by atoms with E-state index in [2.05, 4.69) is 121 Å². The number of ether oxygens (including phenoxy) is 1. The Hall–Kier alpha value is -4.04. The Morgan fingerprint density at radius 2 is 1.05 bits per heavy atom. The van der Waals surface area contributed by atoms with Gasteiger partial charge in [-0.2, -0.15) is 0 Å². The van der Waals surface area contributed by atoms with Crippen LogP contribution in [0.4, 0.5) is 0 Å². The fourth-order valence-corrected chi connectivity index (χ4v) is 4.34. The molecule has 0 unspecified atom stereocenters. The number of benzene rings is 4. The highest BCUT2D eigenvalue weighted by Gasteiger charge is 2.22. The van der Waals surface area contributed by atoms with Gasteiger partial charge in [0.15, 0.2) is 6.20 Å². The Bertz CT molecular complexity index is 1420. The van der Waals surface area contributed by atoms with Gasteiger partial charge in [0.05, 0.1) is 12.7 Å². The summed E-state index contributed by atoms with van der Waals surface area (Å²) >= 11 is 0. The molecule has 7 heteroatoms. The van der Waals surface area contributed by atoms with Gasteiger partial charge in [0.1, 0.15) is 12.8 Å². The van der Waals surface area contributed by atoms with Crippen molar-refractivity contribution >= 4 is 0 Å². The maximum Gasteiger partial charge on any atom is 0.213 e. The Morgan fingerprint density at radius 1 is 0.579 bits per heavy atom. The third kappa shape index (κ3) is 6.83. The van der Waals surface area contributed by atoms with Crippen molar-refractivity contribution in [2.45, 2.75) is 0 Å². The molecule has 1 heterocycles. The summed E-state index contributed by atoms with van der Waals surface area (Å²) in [6.45, 7) is 0. The van der Waals surface area contributed by atoms with Crippen LogP contribution < -0.4 is 27.9 Å². The first kappa shape index (κ1) is 27.0. The molecule has 0 saturated heterocycles. The van der Waals surface area contributed by atoms with Crippen LogP contribution in [0, 0.1) is 10.2 Å². The first-order chi connectivity index (χ1) is 18.2. The summed E-state index contributed by atoms with van der Waals surface area (Å²) in [7, 11) is -1.14. The van der Waals surface area contributed by atoms with Crippen molar-refractivity contribution in [2.24, 2.45) is 7.05 Å². The molecule has 38 heavy (non-hydrogen) atoms. The molecule has 5 aromatic rings. The lowest BCUT2D eigenvalue weighted by atomic mass is 9.86. The van der Waals surface area contributed by atoms with E-state index in [4.69, 9.17) is 23.4 Å². The Morgan fingerprint density at radius 3 is 1.50 bits per heavy atom. The second-order valence-corrected chi connectivity index (χ2v) is 9.24. The smallest absolute Gasteiger partial charge is 0.213 e. The van der Waals surface area contributed by atoms with Gasteiger partial charge in [-0.1, -0.05) is 72.8 Å². The zero-order valence-electron chi connectivity index (χ0n) is 20.9. The van der Waals surface area contributed by atoms with Crippen LogP contribution in [0.25, 0.3) is 44.6 Å². The van der Waals surface area contributed by atoms with Crippen LogP contribution in [0.2, 0.25) is 0 Å². The summed E-state index contributed by atoms with van der Waals surface area (Å²) in [4.78, 5) is 0. The van der Waals surface area contributed by atoms with E-state index >= 15 is 0 Å². The molecule has 4 aromatic carbocycles. The lowest BCUT2D eigenvalue weighted by Crippen LogP contribution is -2.68. The van der Waals surface area contributed by atoms with Gasteiger partial charge in [-0.3, -0.25) is 0 Å². The van der Waals surface area contributed by atoms with Crippen LogP contribution in [0.15, 0.2) is 121 Å². The molecule has 0 spiro atoms. The molecular weight excluding hydrogens is 502 g/mol. The summed E-state index contributed by atoms with van der Waals surface area (Å²) in [5, 5.41) is 0. The first-order valence-corrected chi connectivity index (χ1v) is 13.0. The summed E-state index contributed by atoms with van der Waals surface area (Å²) in [6.07, 6.45) is 2.11. The van der Waals surface area contributed by atoms with Gasteiger partial charge in [-0.05, 0) is 63.7 Å². The van der Waals surface area contributed by atoms with Crippen molar-refractivity contribution in [3.05, 3.63) is 121 Å². The minimum Gasteiger partial charge on any atom is -0.497 e. The predicted molar refractivity (Wildman–Crippen MR) is 136 cm³/mol. The van der Waals surface area contributed by atoms with Crippen molar-refractivity contribution in [1.82, 2.24) is 0 Å².